The standard InChI is InChI=1S/C28H34N2O5/c1-16(2)25(26(31)30-13-17(3)23(14-30)27(32)33)18(4)29-28(34)35-15-24-21-11-7-5-9-19(21)20-10-6-8-12-22(20)24/h5-12,16-18,23-25H,13-15H2,1-4H3,(H,29,34)(H,32,33). The highest BCUT2D eigenvalue weighted by atomic mass is 16.5. The lowest BCUT2D eigenvalue weighted by Gasteiger charge is -2.31. The molecule has 7 nitrogen and oxygen atoms in total. The molecule has 0 radical (unpaired) electrons. The minimum absolute atomic E-state index is 0.0365. The maximum atomic E-state index is 13.3. The summed E-state index contributed by atoms with van der Waals surface area (Å²) >= 11 is 0. The van der Waals surface area contributed by atoms with Crippen LogP contribution in [0.3, 0.4) is 0 Å². The molecule has 4 unspecified atom stereocenters. The number of benzene rings is 2. The number of fused-ring (bicyclic) bond motifs is 3. The van der Waals surface area contributed by atoms with E-state index in [1.54, 1.807) is 11.8 Å². The second-order valence-corrected chi connectivity index (χ2v) is 10.2. The Morgan fingerprint density at radius 1 is 1.00 bits per heavy atom. The van der Waals surface area contributed by atoms with Gasteiger partial charge in [-0.2, -0.15) is 0 Å². The van der Waals surface area contributed by atoms with Crippen molar-refractivity contribution in [1.29, 1.82) is 0 Å². The number of rotatable bonds is 7. The molecule has 1 fully saturated rings. The molecule has 0 bridgehead atoms. The SMILES string of the molecule is CC(C)C(C(=O)N1CC(C)C(C(=O)O)C1)C(C)NC(=O)OCC1c2ccccc2-c2ccccc21. The first kappa shape index (κ1) is 24.8. The van der Waals surface area contributed by atoms with Crippen LogP contribution in [0.4, 0.5) is 4.79 Å². The molecule has 2 aromatic carbocycles. The smallest absolute Gasteiger partial charge is 0.407 e. The molecule has 4 rings (SSSR count). The number of nitrogens with zero attached hydrogens (tertiary/aromatic N) is 1. The number of likely N-dealkylation sites (tertiary alicyclic amines) is 1. The van der Waals surface area contributed by atoms with Crippen molar-refractivity contribution in [1.82, 2.24) is 10.2 Å². The van der Waals surface area contributed by atoms with Gasteiger partial charge in [0.1, 0.15) is 6.61 Å². The summed E-state index contributed by atoms with van der Waals surface area (Å²) in [5.74, 6) is -2.21. The molecule has 2 aliphatic rings. The number of hydrogen-bond donors (Lipinski definition) is 2. The Bertz CT molecular complexity index is 1070. The summed E-state index contributed by atoms with van der Waals surface area (Å²) in [6, 6.07) is 15.9. The summed E-state index contributed by atoms with van der Waals surface area (Å²) < 4.78 is 5.66. The molecule has 0 aromatic heterocycles. The fourth-order valence-electron chi connectivity index (χ4n) is 5.67. The Balaban J connectivity index is 1.39. The number of carbonyl (C=O) groups is 3. The predicted molar refractivity (Wildman–Crippen MR) is 133 cm³/mol. The van der Waals surface area contributed by atoms with Gasteiger partial charge in [0.15, 0.2) is 0 Å². The number of carbonyl (C=O) groups excluding carboxylic acids is 2. The van der Waals surface area contributed by atoms with Crippen molar-refractivity contribution in [3.63, 3.8) is 0 Å². The van der Waals surface area contributed by atoms with E-state index in [0.29, 0.717) is 6.54 Å². The zero-order chi connectivity index (χ0) is 25.3. The minimum Gasteiger partial charge on any atom is -0.481 e. The first-order valence-electron chi connectivity index (χ1n) is 12.3. The topological polar surface area (TPSA) is 95.9 Å². The fourth-order valence-corrected chi connectivity index (χ4v) is 5.67. The van der Waals surface area contributed by atoms with Gasteiger partial charge in [-0.25, -0.2) is 4.79 Å². The van der Waals surface area contributed by atoms with E-state index in [0.717, 1.165) is 22.3 Å². The lowest BCUT2D eigenvalue weighted by molar-refractivity contribution is -0.142. The number of hydrogen-bond acceptors (Lipinski definition) is 4. The summed E-state index contributed by atoms with van der Waals surface area (Å²) in [7, 11) is 0. The molecule has 1 aliphatic carbocycles. The van der Waals surface area contributed by atoms with Crippen molar-refractivity contribution < 1.29 is 24.2 Å². The number of aliphatic carboxylic acids is 1. The third-order valence-corrected chi connectivity index (χ3v) is 7.47. The van der Waals surface area contributed by atoms with Crippen LogP contribution in [0.2, 0.25) is 0 Å². The van der Waals surface area contributed by atoms with Crippen molar-refractivity contribution in [3.8, 4) is 11.1 Å². The molecule has 0 saturated carbocycles. The molecule has 2 N–H and O–H groups in total. The number of alkyl carbamates (subject to hydrolysis) is 1. The molecular formula is C28H34N2O5. The van der Waals surface area contributed by atoms with Gasteiger partial charge < -0.3 is 20.1 Å². The molecule has 2 aromatic rings. The highest BCUT2D eigenvalue weighted by Crippen LogP contribution is 2.44. The quantitative estimate of drug-likeness (QED) is 0.616. The van der Waals surface area contributed by atoms with Gasteiger partial charge in [0, 0.05) is 25.0 Å². The number of carboxylic acids is 1. The van der Waals surface area contributed by atoms with E-state index in [1.165, 1.54) is 0 Å². The third-order valence-electron chi connectivity index (χ3n) is 7.47. The van der Waals surface area contributed by atoms with Gasteiger partial charge >= 0.3 is 12.1 Å². The zero-order valence-electron chi connectivity index (χ0n) is 20.7. The maximum Gasteiger partial charge on any atom is 0.407 e. The molecule has 1 saturated heterocycles. The summed E-state index contributed by atoms with van der Waals surface area (Å²) in [6.45, 7) is 8.36. The average Bonchev–Trinajstić information content (AvgIpc) is 3.36. The predicted octanol–water partition coefficient (Wildman–Crippen LogP) is 4.36. The van der Waals surface area contributed by atoms with Crippen LogP contribution in [0, 0.1) is 23.7 Å². The molecule has 186 valence electrons. The van der Waals surface area contributed by atoms with Crippen LogP contribution in [0.1, 0.15) is 44.7 Å². The van der Waals surface area contributed by atoms with E-state index in [4.69, 9.17) is 4.74 Å². The number of carboxylic acid groups (broad SMARTS) is 1. The molecule has 35 heavy (non-hydrogen) atoms. The average molecular weight is 479 g/mol. The van der Waals surface area contributed by atoms with E-state index in [9.17, 15) is 19.5 Å². The Kier molecular flexibility index (Phi) is 7.15. The van der Waals surface area contributed by atoms with Gasteiger partial charge in [0.25, 0.3) is 0 Å². The van der Waals surface area contributed by atoms with Crippen LogP contribution >= 0.6 is 0 Å². The Morgan fingerprint density at radius 2 is 1.57 bits per heavy atom. The van der Waals surface area contributed by atoms with Crippen LogP contribution < -0.4 is 5.32 Å². The molecular weight excluding hydrogens is 444 g/mol. The summed E-state index contributed by atoms with van der Waals surface area (Å²) in [5, 5.41) is 12.3. The Hall–Kier alpha value is -3.35. The van der Waals surface area contributed by atoms with Crippen LogP contribution in [0.5, 0.6) is 0 Å². The van der Waals surface area contributed by atoms with Crippen LogP contribution in [-0.4, -0.2) is 53.7 Å². The second kappa shape index (κ2) is 10.1. The van der Waals surface area contributed by atoms with Crippen LogP contribution in [0.25, 0.3) is 11.1 Å². The molecule has 0 spiro atoms. The molecule has 4 atom stereocenters. The number of ether oxygens (including phenoxy) is 1. The van der Waals surface area contributed by atoms with E-state index in [1.807, 2.05) is 45.0 Å². The third kappa shape index (κ3) is 4.90. The normalized spacial score (nSPS) is 20.8. The first-order chi connectivity index (χ1) is 16.7. The summed E-state index contributed by atoms with van der Waals surface area (Å²) in [4.78, 5) is 39.2. The van der Waals surface area contributed by atoms with Crippen molar-refractivity contribution in [3.05, 3.63) is 59.7 Å². The van der Waals surface area contributed by atoms with E-state index < -0.39 is 29.9 Å². The van der Waals surface area contributed by atoms with Crippen LogP contribution in [-0.2, 0) is 14.3 Å². The van der Waals surface area contributed by atoms with Gasteiger partial charge in [-0.15, -0.1) is 0 Å². The molecule has 2 amide bonds. The van der Waals surface area contributed by atoms with E-state index in [2.05, 4.69) is 29.6 Å². The van der Waals surface area contributed by atoms with Crippen molar-refractivity contribution in [2.75, 3.05) is 19.7 Å². The number of nitrogens with one attached hydrogen (secondary N) is 1. The van der Waals surface area contributed by atoms with Crippen LogP contribution in [0.15, 0.2) is 48.5 Å². The maximum absolute atomic E-state index is 13.3. The van der Waals surface area contributed by atoms with Gasteiger partial charge in [0.05, 0.1) is 11.8 Å². The van der Waals surface area contributed by atoms with Gasteiger partial charge in [-0.05, 0) is 41.0 Å². The van der Waals surface area contributed by atoms with Gasteiger partial charge in [0.2, 0.25) is 5.91 Å². The zero-order valence-corrected chi connectivity index (χ0v) is 20.7. The van der Waals surface area contributed by atoms with Crippen molar-refractivity contribution in [2.45, 2.75) is 39.7 Å². The van der Waals surface area contributed by atoms with Gasteiger partial charge in [-0.3, -0.25) is 9.59 Å². The van der Waals surface area contributed by atoms with Gasteiger partial charge in [-0.1, -0.05) is 69.3 Å². The largest absolute Gasteiger partial charge is 0.481 e. The monoisotopic (exact) mass is 478 g/mol. The minimum atomic E-state index is -0.876. The Morgan fingerprint density at radius 3 is 2.09 bits per heavy atom. The molecule has 7 heteroatoms. The lowest BCUT2D eigenvalue weighted by atomic mass is 9.88. The highest BCUT2D eigenvalue weighted by Gasteiger charge is 2.41. The summed E-state index contributed by atoms with van der Waals surface area (Å²) in [6.07, 6.45) is -0.559. The van der Waals surface area contributed by atoms with Crippen molar-refractivity contribution >= 4 is 18.0 Å². The second-order valence-electron chi connectivity index (χ2n) is 10.2. The first-order valence-corrected chi connectivity index (χ1v) is 12.3. The molecule has 1 heterocycles. The fraction of sp³-hybridized carbons (Fsp3) is 0.464. The Labute approximate surface area is 206 Å². The summed E-state index contributed by atoms with van der Waals surface area (Å²) in [5.41, 5.74) is 4.60. The van der Waals surface area contributed by atoms with E-state index in [-0.39, 0.29) is 36.8 Å². The number of amides is 2. The lowest BCUT2D eigenvalue weighted by Crippen LogP contribution is -2.48. The van der Waals surface area contributed by atoms with Crippen molar-refractivity contribution in [2.24, 2.45) is 23.7 Å². The highest BCUT2D eigenvalue weighted by molar-refractivity contribution is 5.83. The molecule has 1 aliphatic heterocycles. The van der Waals surface area contributed by atoms with E-state index >= 15 is 0 Å².